The van der Waals surface area contributed by atoms with E-state index in [0.717, 1.165) is 25.3 Å². The van der Waals surface area contributed by atoms with Crippen molar-refractivity contribution >= 4 is 17.8 Å². The molecule has 248 valence electrons. The van der Waals surface area contributed by atoms with E-state index < -0.39 is 35.4 Å². The molecule has 0 aliphatic carbocycles. The summed E-state index contributed by atoms with van der Waals surface area (Å²) in [6.45, 7) is 14.0. The fourth-order valence-corrected chi connectivity index (χ4v) is 4.39. The third-order valence-electron chi connectivity index (χ3n) is 7.50. The molecule has 7 N–H and O–H groups in total. The van der Waals surface area contributed by atoms with E-state index in [4.69, 9.17) is 35.6 Å². The molecule has 2 amide bonds. The Morgan fingerprint density at radius 3 is 2.09 bits per heavy atom. The summed E-state index contributed by atoms with van der Waals surface area (Å²) in [5, 5.41) is 21.3. The highest BCUT2D eigenvalue weighted by Gasteiger charge is 2.32. The molecule has 11 nitrogen and oxygen atoms in total. The first-order valence-corrected chi connectivity index (χ1v) is 15.0. The molecule has 0 aliphatic heterocycles. The van der Waals surface area contributed by atoms with Crippen LogP contribution in [-0.2, 0) is 25.5 Å². The Hall–Kier alpha value is -2.89. The SMILES string of the molecule is CC(=O)O.COCCCOc1cc(C[C@@H](C[C@H](N)[C@@H](O)C[C@H](C(=O)NCC(C)(C)C(N)=O)C(C)C)C(C)C)ccc1OC. The van der Waals surface area contributed by atoms with Crippen LogP contribution in [0.15, 0.2) is 18.2 Å². The van der Waals surface area contributed by atoms with Gasteiger partial charge in [0.1, 0.15) is 0 Å². The van der Waals surface area contributed by atoms with Gasteiger partial charge in [-0.1, -0.05) is 33.8 Å². The number of carboxylic acid groups (broad SMARTS) is 1. The Labute approximate surface area is 258 Å². The molecule has 0 unspecified atom stereocenters. The third kappa shape index (κ3) is 16.0. The fraction of sp³-hybridized carbons (Fsp3) is 0.719. The number of nitrogens with two attached hydrogens (primary N) is 2. The van der Waals surface area contributed by atoms with Crippen LogP contribution >= 0.6 is 0 Å². The number of methoxy groups -OCH3 is 2. The van der Waals surface area contributed by atoms with E-state index >= 15 is 0 Å². The molecule has 1 rings (SSSR count). The van der Waals surface area contributed by atoms with Gasteiger partial charge in [0.05, 0.1) is 25.2 Å². The molecule has 0 aliphatic rings. The number of hydrogen-bond acceptors (Lipinski definition) is 8. The average Bonchev–Trinajstić information content (AvgIpc) is 2.91. The van der Waals surface area contributed by atoms with Crippen molar-refractivity contribution in [1.29, 1.82) is 0 Å². The van der Waals surface area contributed by atoms with Gasteiger partial charge in [0.15, 0.2) is 11.5 Å². The number of primary amides is 1. The van der Waals surface area contributed by atoms with Crippen molar-refractivity contribution in [3.8, 4) is 11.5 Å². The van der Waals surface area contributed by atoms with Crippen molar-refractivity contribution in [3.05, 3.63) is 23.8 Å². The van der Waals surface area contributed by atoms with Crippen LogP contribution in [0.2, 0.25) is 0 Å². The number of carboxylic acids is 1. The van der Waals surface area contributed by atoms with Gasteiger partial charge in [0.2, 0.25) is 11.8 Å². The molecule has 0 aromatic heterocycles. The Kier molecular flexibility index (Phi) is 18.8. The standard InChI is InChI=1S/C30H53N3O6.C2H4O2/c1-19(2)22(14-21-10-11-26(38-8)27(15-21)39-13-9-12-37-7)16-24(31)25(34)17-23(20(3)4)28(35)33-18-30(5,6)29(32)36;1-2(3)4/h10-11,15,19-20,22-25,34H,9,12-14,16-18,31H2,1-8H3,(H2,32,36)(H,33,35);1H3,(H,3,4)/t22-,23-,24-,25-;/m0./s1. The minimum atomic E-state index is -0.854. The first-order chi connectivity index (χ1) is 20.0. The summed E-state index contributed by atoms with van der Waals surface area (Å²) in [6.07, 6.45) is 1.56. The number of aliphatic carboxylic acids is 1. The summed E-state index contributed by atoms with van der Waals surface area (Å²) in [5.74, 6) is -0.0409. The smallest absolute Gasteiger partial charge is 0.300 e. The van der Waals surface area contributed by atoms with Crippen LogP contribution < -0.4 is 26.3 Å². The fourth-order valence-electron chi connectivity index (χ4n) is 4.39. The van der Waals surface area contributed by atoms with Crippen LogP contribution in [0.3, 0.4) is 0 Å². The highest BCUT2D eigenvalue weighted by Crippen LogP contribution is 2.32. The summed E-state index contributed by atoms with van der Waals surface area (Å²) in [4.78, 5) is 33.5. The molecule has 11 heteroatoms. The van der Waals surface area contributed by atoms with Crippen molar-refractivity contribution in [2.75, 3.05) is 34.0 Å². The molecule has 0 saturated carbocycles. The van der Waals surface area contributed by atoms with Crippen molar-refractivity contribution in [3.63, 3.8) is 0 Å². The van der Waals surface area contributed by atoms with E-state index in [1.807, 2.05) is 32.0 Å². The van der Waals surface area contributed by atoms with Crippen LogP contribution in [0.1, 0.15) is 73.3 Å². The second kappa shape index (κ2) is 20.1. The number of nitrogens with one attached hydrogen (secondary N) is 1. The maximum absolute atomic E-state index is 12.9. The number of aliphatic hydroxyl groups is 1. The molecule has 0 bridgehead atoms. The van der Waals surface area contributed by atoms with E-state index in [9.17, 15) is 14.7 Å². The number of carbonyl (C=O) groups excluding carboxylic acids is 2. The topological polar surface area (TPSA) is 183 Å². The lowest BCUT2D eigenvalue weighted by Crippen LogP contribution is -2.46. The van der Waals surface area contributed by atoms with E-state index in [1.54, 1.807) is 28.1 Å². The third-order valence-corrected chi connectivity index (χ3v) is 7.50. The first-order valence-electron chi connectivity index (χ1n) is 15.0. The van der Waals surface area contributed by atoms with Crippen LogP contribution in [0.25, 0.3) is 0 Å². The Balaban J connectivity index is 0.00000413. The van der Waals surface area contributed by atoms with Gasteiger partial charge in [-0.2, -0.15) is 0 Å². The molecule has 43 heavy (non-hydrogen) atoms. The van der Waals surface area contributed by atoms with Crippen LogP contribution in [0, 0.1) is 29.1 Å². The number of ether oxygens (including phenoxy) is 3. The van der Waals surface area contributed by atoms with E-state index in [1.165, 1.54) is 0 Å². The number of aliphatic hydroxyl groups excluding tert-OH is 1. The van der Waals surface area contributed by atoms with Gasteiger partial charge in [-0.05, 0) is 68.6 Å². The average molecular weight is 612 g/mol. The van der Waals surface area contributed by atoms with Crippen LogP contribution in [0.4, 0.5) is 0 Å². The lowest BCUT2D eigenvalue weighted by atomic mass is 9.80. The van der Waals surface area contributed by atoms with Gasteiger partial charge in [0, 0.05) is 45.6 Å². The predicted molar refractivity (Wildman–Crippen MR) is 168 cm³/mol. The van der Waals surface area contributed by atoms with E-state index in [-0.39, 0.29) is 30.7 Å². The maximum Gasteiger partial charge on any atom is 0.300 e. The van der Waals surface area contributed by atoms with Gasteiger partial charge in [-0.3, -0.25) is 14.4 Å². The van der Waals surface area contributed by atoms with Crippen molar-refractivity contribution in [1.82, 2.24) is 5.32 Å². The minimum absolute atomic E-state index is 0.00829. The lowest BCUT2D eigenvalue weighted by molar-refractivity contribution is -0.134. The lowest BCUT2D eigenvalue weighted by Gasteiger charge is -2.30. The van der Waals surface area contributed by atoms with Gasteiger partial charge < -0.3 is 41.2 Å². The second-order valence-corrected chi connectivity index (χ2v) is 12.4. The van der Waals surface area contributed by atoms with Crippen LogP contribution in [0.5, 0.6) is 11.5 Å². The molecule has 0 radical (unpaired) electrons. The number of amides is 2. The highest BCUT2D eigenvalue weighted by molar-refractivity contribution is 5.83. The maximum atomic E-state index is 12.9. The Morgan fingerprint density at radius 2 is 1.60 bits per heavy atom. The summed E-state index contributed by atoms with van der Waals surface area (Å²) in [6, 6.07) is 5.47. The number of hydrogen-bond donors (Lipinski definition) is 5. The van der Waals surface area contributed by atoms with Gasteiger partial charge in [-0.15, -0.1) is 0 Å². The number of rotatable bonds is 19. The zero-order chi connectivity index (χ0) is 33.3. The van der Waals surface area contributed by atoms with Gasteiger partial charge >= 0.3 is 0 Å². The molecule has 0 saturated heterocycles. The second-order valence-electron chi connectivity index (χ2n) is 12.4. The first kappa shape index (κ1) is 40.1. The summed E-state index contributed by atoms with van der Waals surface area (Å²) >= 11 is 0. The largest absolute Gasteiger partial charge is 0.493 e. The van der Waals surface area contributed by atoms with Crippen LogP contribution in [-0.4, -0.2) is 74.1 Å². The monoisotopic (exact) mass is 611 g/mol. The predicted octanol–water partition coefficient (Wildman–Crippen LogP) is 3.38. The number of benzene rings is 1. The summed E-state index contributed by atoms with van der Waals surface area (Å²) < 4.78 is 16.5. The van der Waals surface area contributed by atoms with Crippen molar-refractivity contribution in [2.45, 2.75) is 86.3 Å². The van der Waals surface area contributed by atoms with Gasteiger partial charge in [-0.25, -0.2) is 0 Å². The number of carbonyl (C=O) groups is 3. The van der Waals surface area contributed by atoms with Gasteiger partial charge in [0.25, 0.3) is 5.97 Å². The molecular weight excluding hydrogens is 554 g/mol. The van der Waals surface area contributed by atoms with Crippen molar-refractivity contribution in [2.24, 2.45) is 40.6 Å². The Morgan fingerprint density at radius 1 is 1.00 bits per heavy atom. The highest BCUT2D eigenvalue weighted by atomic mass is 16.5. The molecule has 0 fully saturated rings. The summed E-state index contributed by atoms with van der Waals surface area (Å²) in [5.41, 5.74) is 12.2. The molecule has 4 atom stereocenters. The van der Waals surface area contributed by atoms with E-state index in [0.29, 0.717) is 37.1 Å². The molecule has 1 aromatic carbocycles. The Bertz CT molecular complexity index is 979. The molecule has 0 spiro atoms. The molecule has 1 aromatic rings. The molecule has 0 heterocycles. The quantitative estimate of drug-likeness (QED) is 0.146. The van der Waals surface area contributed by atoms with Crippen molar-refractivity contribution < 1.29 is 38.8 Å². The zero-order valence-electron chi connectivity index (χ0n) is 27.6. The molecular formula is C32H57N3O8. The summed E-state index contributed by atoms with van der Waals surface area (Å²) in [7, 11) is 3.29. The zero-order valence-corrected chi connectivity index (χ0v) is 27.6. The minimum Gasteiger partial charge on any atom is -0.493 e. The normalized spacial score (nSPS) is 14.3. The van der Waals surface area contributed by atoms with E-state index in [2.05, 4.69) is 19.2 Å².